The van der Waals surface area contributed by atoms with Crippen molar-refractivity contribution in [3.63, 3.8) is 0 Å². The van der Waals surface area contributed by atoms with Crippen LogP contribution in [0.4, 0.5) is 18.9 Å². The number of Topliss-reactive ketones (excluding diaryl/α,β-unsaturated/α-hetero) is 1. The highest BCUT2D eigenvalue weighted by atomic mass is 19.4. The van der Waals surface area contributed by atoms with Gasteiger partial charge in [0, 0.05) is 30.2 Å². The van der Waals surface area contributed by atoms with Crippen LogP contribution in [0.25, 0.3) is 0 Å². The lowest BCUT2D eigenvalue weighted by atomic mass is 10.0. The van der Waals surface area contributed by atoms with Gasteiger partial charge in [-0.05, 0) is 18.6 Å². The van der Waals surface area contributed by atoms with Crippen molar-refractivity contribution >= 4 is 11.5 Å². The first-order valence-corrected chi connectivity index (χ1v) is 5.37. The molecular weight excluding hydrogens is 247 g/mol. The summed E-state index contributed by atoms with van der Waals surface area (Å²) in [5, 5.41) is 0. The number of hydrogen-bond acceptors (Lipinski definition) is 3. The van der Waals surface area contributed by atoms with E-state index in [1.165, 1.54) is 19.2 Å². The van der Waals surface area contributed by atoms with Gasteiger partial charge in [-0.15, -0.1) is 0 Å². The number of anilines is 1. The van der Waals surface area contributed by atoms with Crippen molar-refractivity contribution < 1.29 is 22.7 Å². The number of carbonyl (C=O) groups excluding carboxylic acids is 1. The Kier molecular flexibility index (Phi) is 4.58. The van der Waals surface area contributed by atoms with Gasteiger partial charge in [0.15, 0.2) is 5.78 Å². The molecule has 0 heterocycles. The van der Waals surface area contributed by atoms with Crippen molar-refractivity contribution in [2.24, 2.45) is 0 Å². The molecule has 0 aliphatic carbocycles. The summed E-state index contributed by atoms with van der Waals surface area (Å²) in [6.07, 6.45) is -5.59. The summed E-state index contributed by atoms with van der Waals surface area (Å²) in [4.78, 5) is 11.7. The van der Waals surface area contributed by atoms with Crippen LogP contribution >= 0.6 is 0 Å². The van der Waals surface area contributed by atoms with Crippen LogP contribution in [0, 0.1) is 0 Å². The molecule has 0 atom stereocenters. The van der Waals surface area contributed by atoms with Gasteiger partial charge in [0.25, 0.3) is 0 Å². The quantitative estimate of drug-likeness (QED) is 0.654. The molecule has 3 nitrogen and oxygen atoms in total. The molecule has 1 rings (SSSR count). The maximum atomic E-state index is 11.9. The molecule has 2 N–H and O–H groups in total. The average Bonchev–Trinajstić information content (AvgIpc) is 2.26. The van der Waals surface area contributed by atoms with E-state index in [9.17, 15) is 18.0 Å². The lowest BCUT2D eigenvalue weighted by Crippen LogP contribution is -2.09. The lowest BCUT2D eigenvalue weighted by Gasteiger charge is -2.08. The van der Waals surface area contributed by atoms with Gasteiger partial charge in [0.2, 0.25) is 0 Å². The largest absolute Gasteiger partial charge is 0.497 e. The van der Waals surface area contributed by atoms with Crippen molar-refractivity contribution in [1.82, 2.24) is 0 Å². The van der Waals surface area contributed by atoms with Gasteiger partial charge in [0.05, 0.1) is 7.11 Å². The van der Waals surface area contributed by atoms with Gasteiger partial charge in [0.1, 0.15) is 5.75 Å². The molecular formula is C12H14F3NO2. The van der Waals surface area contributed by atoms with E-state index in [0.717, 1.165) is 0 Å². The van der Waals surface area contributed by atoms with Crippen molar-refractivity contribution in [1.29, 1.82) is 0 Å². The number of hydrogen-bond donors (Lipinski definition) is 1. The number of methoxy groups -OCH3 is 1. The summed E-state index contributed by atoms with van der Waals surface area (Å²) in [6, 6.07) is 4.48. The van der Waals surface area contributed by atoms with Gasteiger partial charge in [-0.1, -0.05) is 0 Å². The Bertz CT molecular complexity index is 430. The predicted molar refractivity (Wildman–Crippen MR) is 61.6 cm³/mol. The number of rotatable bonds is 5. The van der Waals surface area contributed by atoms with E-state index >= 15 is 0 Å². The number of carbonyl (C=O) groups is 1. The number of benzene rings is 1. The van der Waals surface area contributed by atoms with E-state index in [1.54, 1.807) is 6.07 Å². The number of ether oxygens (including phenoxy) is 1. The number of alkyl halides is 3. The van der Waals surface area contributed by atoms with Crippen LogP contribution in [0.5, 0.6) is 5.75 Å². The number of ketones is 1. The Labute approximate surface area is 103 Å². The van der Waals surface area contributed by atoms with E-state index in [2.05, 4.69) is 0 Å². The monoisotopic (exact) mass is 261 g/mol. The standard InChI is InChI=1S/C12H14F3NO2/c1-18-8-4-5-9(10(16)7-8)11(17)3-2-6-12(13,14)15/h4-5,7H,2-3,6,16H2,1H3. The fourth-order valence-electron chi connectivity index (χ4n) is 1.51. The highest BCUT2D eigenvalue weighted by Gasteiger charge is 2.26. The second-order valence-electron chi connectivity index (χ2n) is 3.85. The molecule has 6 heteroatoms. The number of halogens is 3. The van der Waals surface area contributed by atoms with E-state index in [0.29, 0.717) is 5.75 Å². The van der Waals surface area contributed by atoms with Crippen molar-refractivity contribution in [3.05, 3.63) is 23.8 Å². The highest BCUT2D eigenvalue weighted by molar-refractivity contribution is 6.00. The summed E-state index contributed by atoms with van der Waals surface area (Å²) in [6.45, 7) is 0. The first-order chi connectivity index (χ1) is 8.33. The van der Waals surface area contributed by atoms with Crippen LogP contribution in [0.15, 0.2) is 18.2 Å². The van der Waals surface area contributed by atoms with Gasteiger partial charge in [-0.3, -0.25) is 4.79 Å². The maximum absolute atomic E-state index is 11.9. The van der Waals surface area contributed by atoms with Crippen LogP contribution in [0.3, 0.4) is 0 Å². The number of nitrogen functional groups attached to an aromatic ring is 1. The molecule has 0 fully saturated rings. The topological polar surface area (TPSA) is 52.3 Å². The third-order valence-corrected chi connectivity index (χ3v) is 2.42. The average molecular weight is 261 g/mol. The Balaban J connectivity index is 2.62. The molecule has 0 aliphatic heterocycles. The molecule has 0 spiro atoms. The molecule has 0 aliphatic rings. The summed E-state index contributed by atoms with van der Waals surface area (Å²) >= 11 is 0. The summed E-state index contributed by atoms with van der Waals surface area (Å²) in [5.41, 5.74) is 6.08. The van der Waals surface area contributed by atoms with Crippen molar-refractivity contribution in [2.75, 3.05) is 12.8 Å². The Hall–Kier alpha value is -1.72. The molecule has 0 bridgehead atoms. The smallest absolute Gasteiger partial charge is 0.389 e. The van der Waals surface area contributed by atoms with E-state index in [1.807, 2.05) is 0 Å². The minimum absolute atomic E-state index is 0.171. The van der Waals surface area contributed by atoms with Crippen LogP contribution in [0.2, 0.25) is 0 Å². The third-order valence-electron chi connectivity index (χ3n) is 2.42. The second kappa shape index (κ2) is 5.75. The second-order valence-corrected chi connectivity index (χ2v) is 3.85. The molecule has 1 aromatic carbocycles. The molecule has 0 unspecified atom stereocenters. The maximum Gasteiger partial charge on any atom is 0.389 e. The summed E-state index contributed by atoms with van der Waals surface area (Å²) in [5.74, 6) is 0.110. The van der Waals surface area contributed by atoms with E-state index in [4.69, 9.17) is 10.5 Å². The zero-order chi connectivity index (χ0) is 13.8. The minimum atomic E-state index is -4.23. The molecule has 0 radical (unpaired) electrons. The molecule has 1 aromatic rings. The Morgan fingerprint density at radius 1 is 1.39 bits per heavy atom. The minimum Gasteiger partial charge on any atom is -0.497 e. The zero-order valence-corrected chi connectivity index (χ0v) is 9.88. The molecule has 0 aromatic heterocycles. The van der Waals surface area contributed by atoms with Crippen LogP contribution in [-0.4, -0.2) is 19.1 Å². The number of nitrogens with two attached hydrogens (primary N) is 1. The fraction of sp³-hybridized carbons (Fsp3) is 0.417. The van der Waals surface area contributed by atoms with Gasteiger partial charge < -0.3 is 10.5 Å². The normalized spacial score (nSPS) is 11.3. The zero-order valence-electron chi connectivity index (χ0n) is 9.88. The van der Waals surface area contributed by atoms with E-state index < -0.39 is 12.6 Å². The first-order valence-electron chi connectivity index (χ1n) is 5.37. The molecule has 0 saturated carbocycles. The van der Waals surface area contributed by atoms with Gasteiger partial charge >= 0.3 is 6.18 Å². The predicted octanol–water partition coefficient (Wildman–Crippen LogP) is 3.19. The van der Waals surface area contributed by atoms with Crippen LogP contribution in [0.1, 0.15) is 29.6 Å². The first kappa shape index (κ1) is 14.3. The Morgan fingerprint density at radius 3 is 2.56 bits per heavy atom. The molecule has 18 heavy (non-hydrogen) atoms. The molecule has 0 saturated heterocycles. The van der Waals surface area contributed by atoms with Crippen molar-refractivity contribution in [3.8, 4) is 5.75 Å². The fourth-order valence-corrected chi connectivity index (χ4v) is 1.51. The molecule has 100 valence electrons. The lowest BCUT2D eigenvalue weighted by molar-refractivity contribution is -0.135. The Morgan fingerprint density at radius 2 is 2.06 bits per heavy atom. The molecule has 0 amide bonds. The summed E-state index contributed by atoms with van der Waals surface area (Å²) < 4.78 is 40.7. The van der Waals surface area contributed by atoms with Crippen LogP contribution in [-0.2, 0) is 0 Å². The van der Waals surface area contributed by atoms with Crippen molar-refractivity contribution in [2.45, 2.75) is 25.4 Å². The third kappa shape index (κ3) is 4.27. The van der Waals surface area contributed by atoms with Crippen LogP contribution < -0.4 is 10.5 Å². The summed E-state index contributed by atoms with van der Waals surface area (Å²) in [7, 11) is 1.46. The van der Waals surface area contributed by atoms with E-state index in [-0.39, 0.29) is 29.9 Å². The van der Waals surface area contributed by atoms with Gasteiger partial charge in [-0.2, -0.15) is 13.2 Å². The highest BCUT2D eigenvalue weighted by Crippen LogP contribution is 2.25. The van der Waals surface area contributed by atoms with Gasteiger partial charge in [-0.25, -0.2) is 0 Å². The SMILES string of the molecule is COc1ccc(C(=O)CCCC(F)(F)F)c(N)c1.